The predicted molar refractivity (Wildman–Crippen MR) is 79.5 cm³/mol. The average Bonchev–Trinajstić information content (AvgIpc) is 2.35. The summed E-state index contributed by atoms with van der Waals surface area (Å²) >= 11 is 4.82. The minimum atomic E-state index is -0.292. The van der Waals surface area contributed by atoms with E-state index in [4.69, 9.17) is 23.1 Å². The number of hydrogen-bond acceptors (Lipinski definition) is 3. The monoisotopic (exact) mass is 284 g/mol. The van der Waals surface area contributed by atoms with Crippen LogP contribution in [0.5, 0.6) is 0 Å². The zero-order chi connectivity index (χ0) is 14.4. The van der Waals surface area contributed by atoms with Crippen LogP contribution < -0.4 is 5.73 Å². The van der Waals surface area contributed by atoms with Crippen molar-refractivity contribution in [3.8, 4) is 0 Å². The van der Waals surface area contributed by atoms with Gasteiger partial charge in [-0.1, -0.05) is 24.4 Å². The third-order valence-electron chi connectivity index (χ3n) is 3.04. The van der Waals surface area contributed by atoms with Gasteiger partial charge in [-0.05, 0) is 26.3 Å². The molecule has 0 saturated heterocycles. The Kier molecular flexibility index (Phi) is 6.34. The fourth-order valence-electron chi connectivity index (χ4n) is 1.84. The van der Waals surface area contributed by atoms with Crippen molar-refractivity contribution in [2.75, 3.05) is 13.2 Å². The Labute approximate surface area is 119 Å². The molecule has 0 spiro atoms. The quantitative estimate of drug-likeness (QED) is 0.753. The Bertz CT molecular complexity index is 437. The second kappa shape index (κ2) is 7.53. The summed E-state index contributed by atoms with van der Waals surface area (Å²) in [6, 6.07) is 5.13. The van der Waals surface area contributed by atoms with E-state index in [1.165, 1.54) is 6.07 Å². The molecular weight excluding hydrogens is 263 g/mol. The molecule has 0 heterocycles. The highest BCUT2D eigenvalue weighted by molar-refractivity contribution is 7.80. The molecule has 5 heteroatoms. The Morgan fingerprint density at radius 3 is 2.63 bits per heavy atom. The number of nitrogens with zero attached hydrogens (tertiary/aromatic N) is 1. The SMILES string of the molecule is CC(C)N(CCCO)Cc1ccc(C(N)=S)cc1F. The highest BCUT2D eigenvalue weighted by Crippen LogP contribution is 2.15. The largest absolute Gasteiger partial charge is 0.396 e. The molecule has 0 aliphatic carbocycles. The second-order valence-corrected chi connectivity index (χ2v) is 5.25. The molecule has 0 aromatic heterocycles. The topological polar surface area (TPSA) is 49.5 Å². The van der Waals surface area contributed by atoms with Gasteiger partial charge in [0.1, 0.15) is 10.8 Å². The molecule has 1 rings (SSSR count). The summed E-state index contributed by atoms with van der Waals surface area (Å²) in [6.07, 6.45) is 0.685. The van der Waals surface area contributed by atoms with Gasteiger partial charge < -0.3 is 10.8 Å². The Balaban J connectivity index is 2.81. The number of rotatable bonds is 7. The van der Waals surface area contributed by atoms with Crippen LogP contribution in [0.15, 0.2) is 18.2 Å². The highest BCUT2D eigenvalue weighted by Gasteiger charge is 2.13. The third-order valence-corrected chi connectivity index (χ3v) is 3.28. The first-order valence-corrected chi connectivity index (χ1v) is 6.79. The fourth-order valence-corrected chi connectivity index (χ4v) is 1.97. The van der Waals surface area contributed by atoms with E-state index < -0.39 is 0 Å². The van der Waals surface area contributed by atoms with Crippen LogP contribution in [0.4, 0.5) is 4.39 Å². The van der Waals surface area contributed by atoms with E-state index in [-0.39, 0.29) is 17.4 Å². The number of thiocarbonyl (C=S) groups is 1. The van der Waals surface area contributed by atoms with Gasteiger partial charge in [-0.25, -0.2) is 4.39 Å². The number of aliphatic hydroxyl groups excluding tert-OH is 1. The molecule has 1 aromatic carbocycles. The Hall–Kier alpha value is -1.04. The lowest BCUT2D eigenvalue weighted by Gasteiger charge is -2.26. The van der Waals surface area contributed by atoms with Gasteiger partial charge in [0.25, 0.3) is 0 Å². The summed E-state index contributed by atoms with van der Waals surface area (Å²) in [5.41, 5.74) is 6.64. The van der Waals surface area contributed by atoms with E-state index in [9.17, 15) is 4.39 Å². The van der Waals surface area contributed by atoms with Gasteiger partial charge in [-0.15, -0.1) is 0 Å². The van der Waals surface area contributed by atoms with Crippen LogP contribution in [0.1, 0.15) is 31.4 Å². The van der Waals surface area contributed by atoms with Gasteiger partial charge in [-0.3, -0.25) is 4.90 Å². The third kappa shape index (κ3) is 4.86. The maximum atomic E-state index is 14.0. The van der Waals surface area contributed by atoms with Crippen molar-refractivity contribution < 1.29 is 9.50 Å². The van der Waals surface area contributed by atoms with Crippen LogP contribution in [0, 0.1) is 5.82 Å². The maximum absolute atomic E-state index is 14.0. The minimum absolute atomic E-state index is 0.145. The zero-order valence-electron chi connectivity index (χ0n) is 11.4. The molecule has 106 valence electrons. The summed E-state index contributed by atoms with van der Waals surface area (Å²) in [5.74, 6) is -0.292. The Morgan fingerprint density at radius 2 is 2.16 bits per heavy atom. The molecule has 0 unspecified atom stereocenters. The normalized spacial score (nSPS) is 11.3. The first kappa shape index (κ1) is 16.0. The van der Waals surface area contributed by atoms with Gasteiger partial charge in [0.15, 0.2) is 0 Å². The van der Waals surface area contributed by atoms with E-state index in [0.717, 1.165) is 6.54 Å². The van der Waals surface area contributed by atoms with Gasteiger partial charge >= 0.3 is 0 Å². The van der Waals surface area contributed by atoms with E-state index in [2.05, 4.69) is 18.7 Å². The lowest BCUT2D eigenvalue weighted by atomic mass is 10.1. The predicted octanol–water partition coefficient (Wildman–Crippen LogP) is 2.05. The lowest BCUT2D eigenvalue weighted by Crippen LogP contribution is -2.32. The van der Waals surface area contributed by atoms with Crippen LogP contribution in [-0.2, 0) is 6.54 Å². The molecule has 3 N–H and O–H groups in total. The average molecular weight is 284 g/mol. The number of halogens is 1. The molecule has 3 nitrogen and oxygen atoms in total. The van der Waals surface area contributed by atoms with E-state index in [0.29, 0.717) is 30.1 Å². The van der Waals surface area contributed by atoms with E-state index in [1.54, 1.807) is 12.1 Å². The van der Waals surface area contributed by atoms with Crippen molar-refractivity contribution in [1.82, 2.24) is 4.90 Å². The summed E-state index contributed by atoms with van der Waals surface area (Å²) in [7, 11) is 0. The fraction of sp³-hybridized carbons (Fsp3) is 0.500. The maximum Gasteiger partial charge on any atom is 0.128 e. The molecule has 19 heavy (non-hydrogen) atoms. The molecule has 0 aliphatic rings. The smallest absolute Gasteiger partial charge is 0.128 e. The number of benzene rings is 1. The van der Waals surface area contributed by atoms with Crippen molar-refractivity contribution in [1.29, 1.82) is 0 Å². The van der Waals surface area contributed by atoms with Crippen LogP contribution in [-0.4, -0.2) is 34.2 Å². The first-order valence-electron chi connectivity index (χ1n) is 6.38. The molecule has 0 aliphatic heterocycles. The molecule has 0 saturated carbocycles. The number of aliphatic hydroxyl groups is 1. The van der Waals surface area contributed by atoms with Gasteiger partial charge in [0, 0.05) is 36.9 Å². The van der Waals surface area contributed by atoms with Crippen LogP contribution in [0.25, 0.3) is 0 Å². The first-order chi connectivity index (χ1) is 8.95. The van der Waals surface area contributed by atoms with Crippen LogP contribution in [0.2, 0.25) is 0 Å². The Morgan fingerprint density at radius 1 is 1.47 bits per heavy atom. The molecule has 0 fully saturated rings. The van der Waals surface area contributed by atoms with Gasteiger partial charge in [-0.2, -0.15) is 0 Å². The van der Waals surface area contributed by atoms with Crippen molar-refractivity contribution in [3.63, 3.8) is 0 Å². The number of hydrogen-bond donors (Lipinski definition) is 2. The summed E-state index contributed by atoms with van der Waals surface area (Å²) in [5, 5.41) is 8.89. The van der Waals surface area contributed by atoms with Gasteiger partial charge in [0.05, 0.1) is 0 Å². The minimum Gasteiger partial charge on any atom is -0.396 e. The van der Waals surface area contributed by atoms with Gasteiger partial charge in [0.2, 0.25) is 0 Å². The van der Waals surface area contributed by atoms with Crippen LogP contribution in [0.3, 0.4) is 0 Å². The standard InChI is InChI=1S/C14H21FN2OS/c1-10(2)17(6-3-7-18)9-12-5-4-11(14(16)19)8-13(12)15/h4-5,8,10,18H,3,6-7,9H2,1-2H3,(H2,16,19). The zero-order valence-corrected chi connectivity index (χ0v) is 12.2. The van der Waals surface area contributed by atoms with Crippen molar-refractivity contribution in [3.05, 3.63) is 35.1 Å². The van der Waals surface area contributed by atoms with E-state index in [1.807, 2.05) is 0 Å². The van der Waals surface area contributed by atoms with Crippen molar-refractivity contribution in [2.45, 2.75) is 32.9 Å². The second-order valence-electron chi connectivity index (χ2n) is 4.81. The summed E-state index contributed by atoms with van der Waals surface area (Å²) < 4.78 is 14.0. The lowest BCUT2D eigenvalue weighted by molar-refractivity contribution is 0.183. The van der Waals surface area contributed by atoms with Crippen molar-refractivity contribution >= 4 is 17.2 Å². The van der Waals surface area contributed by atoms with Crippen molar-refractivity contribution in [2.24, 2.45) is 5.73 Å². The van der Waals surface area contributed by atoms with Crippen LogP contribution >= 0.6 is 12.2 Å². The highest BCUT2D eigenvalue weighted by atomic mass is 32.1. The molecular formula is C14H21FN2OS. The molecule has 0 radical (unpaired) electrons. The summed E-state index contributed by atoms with van der Waals surface area (Å²) in [6.45, 7) is 5.51. The molecule has 1 aromatic rings. The molecule has 0 bridgehead atoms. The molecule has 0 atom stereocenters. The summed E-state index contributed by atoms with van der Waals surface area (Å²) in [4.78, 5) is 2.32. The van der Waals surface area contributed by atoms with E-state index >= 15 is 0 Å². The number of nitrogens with two attached hydrogens (primary N) is 1. The molecule has 0 amide bonds.